The summed E-state index contributed by atoms with van der Waals surface area (Å²) in [5, 5.41) is 20.9. The van der Waals surface area contributed by atoms with Gasteiger partial charge in [0.2, 0.25) is 0 Å². The van der Waals surface area contributed by atoms with Crippen LogP contribution >= 0.6 is 12.4 Å². The van der Waals surface area contributed by atoms with E-state index in [0.29, 0.717) is 6.54 Å². The molecular weight excluding hydrogens is 250 g/mol. The Labute approximate surface area is 113 Å². The molecule has 0 atom stereocenters. The van der Waals surface area contributed by atoms with Gasteiger partial charge in [0.25, 0.3) is 0 Å². The molecule has 0 aliphatic heterocycles. The Kier molecular flexibility index (Phi) is 4.09. The van der Waals surface area contributed by atoms with Gasteiger partial charge in [-0.1, -0.05) is 32.0 Å². The van der Waals surface area contributed by atoms with E-state index in [0.717, 1.165) is 16.3 Å². The standard InChI is InChI=1S/C14H17NO2.ClH/c1-14(2,8-15)11-5-3-4-9-6-12(16)13(17)7-10(9)11;/h3-7,16-17H,8,15H2,1-2H3;1H. The number of aromatic hydroxyl groups is 2. The van der Waals surface area contributed by atoms with E-state index in [1.165, 1.54) is 0 Å². The third kappa shape index (κ3) is 2.37. The highest BCUT2D eigenvalue weighted by molar-refractivity contribution is 5.89. The largest absolute Gasteiger partial charge is 0.504 e. The Balaban J connectivity index is 0.00000162. The van der Waals surface area contributed by atoms with Crippen LogP contribution in [0.5, 0.6) is 11.5 Å². The Morgan fingerprint density at radius 3 is 2.33 bits per heavy atom. The second-order valence-electron chi connectivity index (χ2n) is 4.96. The van der Waals surface area contributed by atoms with Crippen LogP contribution in [0.4, 0.5) is 0 Å². The molecule has 0 aliphatic carbocycles. The van der Waals surface area contributed by atoms with Gasteiger partial charge in [0.15, 0.2) is 11.5 Å². The lowest BCUT2D eigenvalue weighted by Crippen LogP contribution is -2.28. The molecule has 0 amide bonds. The Hall–Kier alpha value is -1.45. The van der Waals surface area contributed by atoms with E-state index in [2.05, 4.69) is 13.8 Å². The van der Waals surface area contributed by atoms with Gasteiger partial charge in [-0.25, -0.2) is 0 Å². The SMILES string of the molecule is CC(C)(CN)c1cccc2cc(O)c(O)cc12.Cl. The zero-order valence-electron chi connectivity index (χ0n) is 10.5. The van der Waals surface area contributed by atoms with Gasteiger partial charge in [0.05, 0.1) is 0 Å². The van der Waals surface area contributed by atoms with E-state index in [9.17, 15) is 10.2 Å². The molecule has 3 nitrogen and oxygen atoms in total. The molecule has 0 unspecified atom stereocenters. The van der Waals surface area contributed by atoms with Crippen molar-refractivity contribution in [3.8, 4) is 11.5 Å². The summed E-state index contributed by atoms with van der Waals surface area (Å²) in [7, 11) is 0. The molecule has 0 saturated heterocycles. The van der Waals surface area contributed by atoms with E-state index in [1.807, 2.05) is 18.2 Å². The Morgan fingerprint density at radius 2 is 1.72 bits per heavy atom. The third-order valence-electron chi connectivity index (χ3n) is 3.21. The van der Waals surface area contributed by atoms with Crippen molar-refractivity contribution in [2.75, 3.05) is 6.54 Å². The van der Waals surface area contributed by atoms with Gasteiger partial charge in [-0.15, -0.1) is 12.4 Å². The van der Waals surface area contributed by atoms with Gasteiger partial charge in [-0.2, -0.15) is 0 Å². The first-order chi connectivity index (χ1) is 7.95. The highest BCUT2D eigenvalue weighted by atomic mass is 35.5. The molecule has 2 rings (SSSR count). The van der Waals surface area contributed by atoms with Crippen molar-refractivity contribution in [3.63, 3.8) is 0 Å². The first kappa shape index (κ1) is 14.6. The lowest BCUT2D eigenvalue weighted by Gasteiger charge is -2.25. The second-order valence-corrected chi connectivity index (χ2v) is 4.96. The number of halogens is 1. The molecule has 0 radical (unpaired) electrons. The number of phenolic OH excluding ortho intramolecular Hbond substituents is 2. The Bertz CT molecular complexity index is 567. The molecule has 0 spiro atoms. The molecule has 0 aliphatic rings. The summed E-state index contributed by atoms with van der Waals surface area (Å²) in [6.45, 7) is 4.64. The summed E-state index contributed by atoms with van der Waals surface area (Å²) < 4.78 is 0. The maximum absolute atomic E-state index is 9.60. The van der Waals surface area contributed by atoms with Gasteiger partial charge < -0.3 is 15.9 Å². The maximum atomic E-state index is 9.60. The fraction of sp³-hybridized carbons (Fsp3) is 0.286. The average molecular weight is 268 g/mol. The number of hydrogen-bond donors (Lipinski definition) is 3. The zero-order valence-corrected chi connectivity index (χ0v) is 11.3. The monoisotopic (exact) mass is 267 g/mol. The van der Waals surface area contributed by atoms with Crippen LogP contribution in [-0.2, 0) is 5.41 Å². The number of rotatable bonds is 2. The molecular formula is C14H18ClNO2. The predicted molar refractivity (Wildman–Crippen MR) is 76.6 cm³/mol. The predicted octanol–water partition coefficient (Wildman–Crippen LogP) is 2.91. The number of nitrogens with two attached hydrogens (primary N) is 1. The van der Waals surface area contributed by atoms with Crippen LogP contribution < -0.4 is 5.73 Å². The quantitative estimate of drug-likeness (QED) is 0.733. The number of phenols is 2. The lowest BCUT2D eigenvalue weighted by atomic mass is 9.82. The van der Waals surface area contributed by atoms with Crippen molar-refractivity contribution >= 4 is 23.2 Å². The highest BCUT2D eigenvalue weighted by Gasteiger charge is 2.21. The van der Waals surface area contributed by atoms with E-state index in [4.69, 9.17) is 5.73 Å². The average Bonchev–Trinajstić information content (AvgIpc) is 2.30. The summed E-state index contributed by atoms with van der Waals surface area (Å²) >= 11 is 0. The van der Waals surface area contributed by atoms with Crippen LogP contribution in [0.2, 0.25) is 0 Å². The van der Waals surface area contributed by atoms with Gasteiger partial charge >= 0.3 is 0 Å². The van der Waals surface area contributed by atoms with Crippen LogP contribution in [0.25, 0.3) is 10.8 Å². The van der Waals surface area contributed by atoms with E-state index in [-0.39, 0.29) is 29.3 Å². The van der Waals surface area contributed by atoms with Gasteiger partial charge in [0.1, 0.15) is 0 Å². The molecule has 0 heterocycles. The van der Waals surface area contributed by atoms with Crippen molar-refractivity contribution in [1.82, 2.24) is 0 Å². The van der Waals surface area contributed by atoms with Crippen LogP contribution in [0, 0.1) is 0 Å². The van der Waals surface area contributed by atoms with Crippen molar-refractivity contribution in [1.29, 1.82) is 0 Å². The van der Waals surface area contributed by atoms with Crippen molar-refractivity contribution in [2.45, 2.75) is 19.3 Å². The zero-order chi connectivity index (χ0) is 12.6. The fourth-order valence-electron chi connectivity index (χ4n) is 2.00. The molecule has 0 aromatic heterocycles. The minimum atomic E-state index is -0.164. The molecule has 4 N–H and O–H groups in total. The first-order valence-electron chi connectivity index (χ1n) is 5.61. The third-order valence-corrected chi connectivity index (χ3v) is 3.21. The molecule has 0 bridgehead atoms. The minimum absolute atomic E-state index is 0. The molecule has 0 fully saturated rings. The number of fused-ring (bicyclic) bond motifs is 1. The normalized spacial score (nSPS) is 11.3. The second kappa shape index (κ2) is 5.04. The van der Waals surface area contributed by atoms with Gasteiger partial charge in [-0.05, 0) is 28.5 Å². The van der Waals surface area contributed by atoms with Gasteiger partial charge in [0, 0.05) is 12.0 Å². The fourth-order valence-corrected chi connectivity index (χ4v) is 2.00. The lowest BCUT2D eigenvalue weighted by molar-refractivity contribution is 0.405. The molecule has 98 valence electrons. The minimum Gasteiger partial charge on any atom is -0.504 e. The van der Waals surface area contributed by atoms with Crippen LogP contribution in [0.1, 0.15) is 19.4 Å². The molecule has 2 aromatic carbocycles. The summed E-state index contributed by atoms with van der Waals surface area (Å²) in [5.41, 5.74) is 6.70. The van der Waals surface area contributed by atoms with E-state index in [1.54, 1.807) is 12.1 Å². The first-order valence-corrected chi connectivity index (χ1v) is 5.61. The smallest absolute Gasteiger partial charge is 0.158 e. The number of hydrogen-bond acceptors (Lipinski definition) is 3. The van der Waals surface area contributed by atoms with Crippen LogP contribution in [-0.4, -0.2) is 16.8 Å². The van der Waals surface area contributed by atoms with E-state index >= 15 is 0 Å². The van der Waals surface area contributed by atoms with Crippen molar-refractivity contribution < 1.29 is 10.2 Å². The van der Waals surface area contributed by atoms with Crippen molar-refractivity contribution in [2.24, 2.45) is 5.73 Å². The van der Waals surface area contributed by atoms with Crippen molar-refractivity contribution in [3.05, 3.63) is 35.9 Å². The van der Waals surface area contributed by atoms with E-state index < -0.39 is 0 Å². The summed E-state index contributed by atoms with van der Waals surface area (Å²) in [5.74, 6) is -0.196. The Morgan fingerprint density at radius 1 is 1.11 bits per heavy atom. The molecule has 18 heavy (non-hydrogen) atoms. The van der Waals surface area contributed by atoms with Crippen LogP contribution in [0.3, 0.4) is 0 Å². The summed E-state index contributed by atoms with van der Waals surface area (Å²) in [6.07, 6.45) is 0. The maximum Gasteiger partial charge on any atom is 0.158 e. The van der Waals surface area contributed by atoms with Gasteiger partial charge in [-0.3, -0.25) is 0 Å². The summed E-state index contributed by atoms with van der Waals surface area (Å²) in [6, 6.07) is 9.01. The molecule has 4 heteroatoms. The molecule has 2 aromatic rings. The number of benzene rings is 2. The van der Waals surface area contributed by atoms with Crippen LogP contribution in [0.15, 0.2) is 30.3 Å². The topological polar surface area (TPSA) is 66.5 Å². The summed E-state index contributed by atoms with van der Waals surface area (Å²) in [4.78, 5) is 0. The highest BCUT2D eigenvalue weighted by Crippen LogP contribution is 2.35. The molecule has 0 saturated carbocycles.